The van der Waals surface area contributed by atoms with Crippen molar-refractivity contribution in [2.24, 2.45) is 0 Å². The Labute approximate surface area is 857 Å². The first kappa shape index (κ1) is 121. The number of amides is 4. The zero-order chi connectivity index (χ0) is 112. The number of aromatic hydroxyl groups is 1. The number of nitrogens with zero attached hydrogens (tertiary/aromatic N) is 6. The summed E-state index contributed by atoms with van der Waals surface area (Å²) in [4.78, 5) is 135. The van der Waals surface area contributed by atoms with E-state index in [-0.39, 0.29) is 119 Å². The van der Waals surface area contributed by atoms with Crippen LogP contribution in [0.25, 0.3) is 0 Å². The molecule has 4 amide bonds. The van der Waals surface area contributed by atoms with Gasteiger partial charge >= 0.3 is 95.7 Å². The Bertz CT molecular complexity index is 6150. The van der Waals surface area contributed by atoms with Crippen molar-refractivity contribution < 1.29 is 215 Å². The maximum Gasteiger partial charge on any atom is 0.550 e. The van der Waals surface area contributed by atoms with E-state index >= 15 is 0 Å². The lowest BCUT2D eigenvalue weighted by atomic mass is 9.81. The van der Waals surface area contributed by atoms with Gasteiger partial charge in [0.05, 0.1) is 66.4 Å². The number of hydrogen-bond acceptors (Lipinski definition) is 33. The number of likely N-dealkylation sites (tertiary alicyclic amines) is 4. The maximum atomic E-state index is 12.8. The molecule has 0 saturated carbocycles. The largest absolute Gasteiger partial charge is 0.550 e. The first-order chi connectivity index (χ1) is 69.0. The van der Waals surface area contributed by atoms with E-state index in [9.17, 15) is 149 Å². The van der Waals surface area contributed by atoms with Gasteiger partial charge in [-0.1, -0.05) is 60.7 Å². The van der Waals surface area contributed by atoms with Crippen LogP contribution in [0.4, 0.5) is 96.4 Å². The van der Waals surface area contributed by atoms with Gasteiger partial charge in [-0.05, 0) is 156 Å². The van der Waals surface area contributed by atoms with Crippen molar-refractivity contribution in [3.63, 3.8) is 0 Å². The van der Waals surface area contributed by atoms with Gasteiger partial charge in [0, 0.05) is 104 Å². The zero-order valence-corrected chi connectivity index (χ0v) is 86.0. The van der Waals surface area contributed by atoms with Gasteiger partial charge in [0.25, 0.3) is 0 Å². The molecule has 6 aromatic rings. The average Bonchev–Trinajstić information content (AvgIpc) is 0.753. The minimum absolute atomic E-state index is 0.0338. The van der Waals surface area contributed by atoms with Crippen molar-refractivity contribution in [1.29, 1.82) is 0 Å². The average molecular weight is 2250 g/mol. The fraction of sp³-hybridized carbons (Fsp3) is 0.500. The molecule has 14 rings (SSSR count). The molecule has 828 valence electrons. The number of hydrogen-bond donors (Lipinski definition) is 2. The number of phenolic OH excluding ortho intramolecular Hbond substituents is 1. The lowest BCUT2D eigenvalue weighted by molar-refractivity contribution is -0.440. The highest BCUT2D eigenvalue weighted by Gasteiger charge is 2.57. The Hall–Kier alpha value is -12.2. The van der Waals surface area contributed by atoms with E-state index < -0.39 is 177 Å². The summed E-state index contributed by atoms with van der Waals surface area (Å²) in [6.07, 6.45) is -8.08. The number of anilines is 2. The van der Waals surface area contributed by atoms with E-state index in [1.807, 2.05) is 62.3 Å². The third kappa shape index (κ3) is 32.4. The van der Waals surface area contributed by atoms with Crippen LogP contribution < -0.4 is 30.6 Å². The van der Waals surface area contributed by atoms with Crippen LogP contribution in [-0.4, -0.2) is 248 Å². The third-order valence-electron chi connectivity index (χ3n) is 22.2. The van der Waals surface area contributed by atoms with E-state index in [1.165, 1.54) is 72.7 Å². The number of methoxy groups -OCH3 is 1. The first-order valence-corrected chi connectivity index (χ1v) is 50.5. The number of alkyl halides is 15. The Balaban J connectivity index is 0.000000201. The van der Waals surface area contributed by atoms with Crippen molar-refractivity contribution in [2.45, 2.75) is 234 Å². The molecule has 4 saturated heterocycles. The van der Waals surface area contributed by atoms with Crippen LogP contribution in [0, 0.1) is 0 Å². The lowest BCUT2D eigenvalue weighted by Gasteiger charge is -2.44. The molecule has 150 heavy (non-hydrogen) atoms. The van der Waals surface area contributed by atoms with Gasteiger partial charge in [0.1, 0.15) is 84.7 Å². The summed E-state index contributed by atoms with van der Waals surface area (Å²) >= 11 is -1.56. The Morgan fingerprint density at radius 1 is 0.360 bits per heavy atom. The summed E-state index contributed by atoms with van der Waals surface area (Å²) in [6.45, 7) is 24.9. The second-order valence-corrected chi connectivity index (χ2v) is 45.1. The number of sulfonamides is 2. The number of carboxylic acids is 1. The van der Waals surface area contributed by atoms with Gasteiger partial charge in [-0.2, -0.15) is 72.2 Å². The van der Waals surface area contributed by atoms with Gasteiger partial charge in [0.2, 0.25) is 0 Å². The molecule has 0 aromatic heterocycles. The molecule has 6 aromatic carbocycles. The van der Waals surface area contributed by atoms with Crippen LogP contribution in [0.5, 0.6) is 34.5 Å². The Morgan fingerprint density at radius 2 is 0.627 bits per heavy atom. The molecule has 0 bridgehead atoms. The third-order valence-corrected chi connectivity index (χ3v) is 28.2. The van der Waals surface area contributed by atoms with Gasteiger partial charge in [-0.15, -0.1) is 44.8 Å². The van der Waals surface area contributed by atoms with Gasteiger partial charge in [0.15, 0.2) is 53.3 Å². The number of esters is 1. The highest BCUT2D eigenvalue weighted by Crippen LogP contribution is 2.49. The fourth-order valence-electron chi connectivity index (χ4n) is 15.6. The number of piperidine rings is 4. The number of rotatable bonds is 14. The number of Topliss-reactive ketones (excluding diaryl/α,β-unsaturated/α-hetero) is 4. The van der Waals surface area contributed by atoms with Crippen molar-refractivity contribution in [1.82, 2.24) is 19.6 Å². The van der Waals surface area contributed by atoms with E-state index in [0.717, 1.165) is 30.3 Å². The van der Waals surface area contributed by atoms with Crippen LogP contribution in [0.1, 0.15) is 222 Å². The molecule has 4 spiro atoms. The van der Waals surface area contributed by atoms with Crippen LogP contribution in [0.15, 0.2) is 133 Å². The summed E-state index contributed by atoms with van der Waals surface area (Å²) in [5, 5.41) is 19.1. The van der Waals surface area contributed by atoms with E-state index in [1.54, 1.807) is 77.9 Å². The standard InChI is InChI=1S/C20H25NO6.C19H22F3NO7S.C19H23NO6.C18H23NO5.2C8H5F6NO4S2/c1-19(2,3)27-18(24)21-10-8-20(9-11-21)12-14(22)16-13(17(23)25-4)6-5-7-15(16)26-20;1-17(2,3)29-16(25)23-9-7-18(8-10-23)11-12(24)15-13(28-18)5-4-6-14(15)30-31(26,27)19(20,21)22;1-18(2,3)26-17(24)20-9-7-19(8-10-20)11-13(21)15-12(16(22)23)5-4-6-14(15)25-19;1-17(2,3)24-16(22)19-9-7-18(8-10-19)11-13(21)15-12(20)5-4-6-14(15)23-18;2*9-7(10,11)18-19-20-15(6-4-2-1-3-5-6)21(16,17)8(12,13)14/h5-7H,8-12H2,1-4H3;4-6H,7-11H2,1-3H3;4-6H,7-11H2,1-3H3,(H,22,23);4-6,20H,7-11H2,1-3H3;2*1-5H. The number of carboxylic acid groups (broad SMARTS) is 1. The van der Waals surface area contributed by atoms with Crippen LogP contribution in [-0.2, 0) is 72.3 Å². The molecular formula is C92H103F15N6O32S5. The van der Waals surface area contributed by atoms with E-state index in [4.69, 9.17) is 42.6 Å². The number of aromatic carboxylic acids is 1. The SMILES string of the molecule is CC(C)(C)OC(=O)N1CCC2(CC1)CC(=O)c1c(O)cccc1O2.CC(C)(C)OC(=O)N1CCC2(CC1)CC(=O)c1c(cccc1C(=O)O)O2.CC(C)(C)OC(=O)N1CCC2(CC1)CC(=O)c1c(cccc1OS(=O)(=O)C(F)(F)F)O2.COC(=O)c1cccc2c1C(=O)CC1(CCN(C(=O)OC(C)(C)C)CC1)O2.O=S(=O)(N(SOOC(F)(F)F)c1ccccc1)C(F)(F)F.O=S(=O)(N(SOOC(F)(F)F)c1ccccc1)C(F)(F)F. The summed E-state index contributed by atoms with van der Waals surface area (Å²) < 4.78 is 311. The number of fused-ring (bicyclic) bond motifs is 4. The smallest absolute Gasteiger partial charge is 0.507 e. The Morgan fingerprint density at radius 3 is 0.907 bits per heavy atom. The number of benzene rings is 6. The summed E-state index contributed by atoms with van der Waals surface area (Å²) in [7, 11) is -16.6. The summed E-state index contributed by atoms with van der Waals surface area (Å²) in [6, 6.07) is 29.1. The lowest BCUT2D eigenvalue weighted by Crippen LogP contribution is -2.53. The minimum atomic E-state index is -5.99. The molecule has 8 aliphatic heterocycles. The molecule has 8 aliphatic rings. The van der Waals surface area contributed by atoms with Crippen LogP contribution in [0.2, 0.25) is 0 Å². The van der Waals surface area contributed by atoms with E-state index in [2.05, 4.69) is 22.6 Å². The fourth-order valence-corrected chi connectivity index (χ4v) is 19.2. The van der Waals surface area contributed by atoms with Gasteiger partial charge in [-0.3, -0.25) is 19.2 Å². The molecule has 4 fully saturated rings. The number of phenols is 1. The molecule has 0 radical (unpaired) electrons. The molecule has 2 N–H and O–H groups in total. The predicted molar refractivity (Wildman–Crippen MR) is 498 cm³/mol. The highest BCUT2D eigenvalue weighted by atomic mass is 32.3. The second-order valence-electron chi connectivity index (χ2n) is 38.2. The number of ketones is 4. The topological polar surface area (TPSA) is 462 Å². The molecule has 0 unspecified atom stereocenters. The monoisotopic (exact) mass is 2250 g/mol. The molecular weight excluding hydrogens is 2150 g/mol. The molecule has 8 heterocycles. The molecule has 0 atom stereocenters. The highest BCUT2D eigenvalue weighted by molar-refractivity contribution is 8.12. The van der Waals surface area contributed by atoms with Crippen LogP contribution >= 0.6 is 24.5 Å². The van der Waals surface area contributed by atoms with Gasteiger partial charge < -0.3 is 76.6 Å². The van der Waals surface area contributed by atoms with Crippen molar-refractivity contribution in [3.05, 3.63) is 167 Å². The predicted octanol–water partition coefficient (Wildman–Crippen LogP) is 19.9. The van der Waals surface area contributed by atoms with Gasteiger partial charge in [-0.25, -0.2) is 28.8 Å². The van der Waals surface area contributed by atoms with Crippen molar-refractivity contribution in [2.75, 3.05) is 66.9 Å². The molecule has 0 aliphatic carbocycles. The molecule has 58 heteroatoms. The summed E-state index contributed by atoms with van der Waals surface area (Å²) in [5.41, 5.74) is -22.9. The zero-order valence-electron chi connectivity index (χ0n) is 81.9. The Kier molecular flexibility index (Phi) is 37.9. The first-order valence-electron chi connectivity index (χ1n) is 44.8. The number of para-hydroxylation sites is 2. The minimum Gasteiger partial charge on any atom is -0.507 e. The maximum absolute atomic E-state index is 12.8. The number of carbonyl (C=O) groups excluding carboxylic acids is 9. The van der Waals surface area contributed by atoms with E-state index in [0.29, 0.717) is 108 Å². The number of carbonyl (C=O) groups is 10. The van der Waals surface area contributed by atoms with Crippen LogP contribution in [0.3, 0.4) is 0 Å². The quantitative estimate of drug-likeness (QED) is 0.0118. The summed E-state index contributed by atoms with van der Waals surface area (Å²) in [5.74, 6) is -2.47. The number of ether oxygens (including phenoxy) is 9. The second kappa shape index (κ2) is 46.9. The van der Waals surface area contributed by atoms with Crippen molar-refractivity contribution >= 4 is 125 Å². The number of halogens is 15. The van der Waals surface area contributed by atoms with Crippen molar-refractivity contribution in [3.8, 4) is 34.5 Å². The molecule has 38 nitrogen and oxygen atoms in total. The normalized spacial score (nSPS) is 17.4.